The van der Waals surface area contributed by atoms with Crippen molar-refractivity contribution in [2.24, 2.45) is 0 Å². The Morgan fingerprint density at radius 1 is 1.41 bits per heavy atom. The molecule has 0 spiro atoms. The molecule has 0 bridgehead atoms. The lowest BCUT2D eigenvalue weighted by atomic mass is 10.1. The Labute approximate surface area is 110 Å². The lowest BCUT2D eigenvalue weighted by Crippen LogP contribution is -2.21. The van der Waals surface area contributed by atoms with E-state index >= 15 is 0 Å². The van der Waals surface area contributed by atoms with Gasteiger partial charge in [0, 0.05) is 9.72 Å². The molecule has 2 rings (SSSR count). The number of hydrogen-bond donors (Lipinski definition) is 0. The quantitative estimate of drug-likeness (QED) is 0.792. The third-order valence-electron chi connectivity index (χ3n) is 2.61. The third kappa shape index (κ3) is 2.51. The van der Waals surface area contributed by atoms with Crippen molar-refractivity contribution in [3.05, 3.63) is 33.7 Å². The van der Waals surface area contributed by atoms with E-state index in [2.05, 4.69) is 0 Å². The molecule has 4 heteroatoms. The van der Waals surface area contributed by atoms with E-state index in [4.69, 9.17) is 11.6 Å². The predicted octanol–water partition coefficient (Wildman–Crippen LogP) is 3.61. The molecule has 1 aromatic heterocycles. The van der Waals surface area contributed by atoms with Gasteiger partial charge in [-0.1, -0.05) is 11.6 Å². The summed E-state index contributed by atoms with van der Waals surface area (Å²) in [6.07, 6.45) is 0. The van der Waals surface area contributed by atoms with E-state index in [0.29, 0.717) is 11.6 Å². The lowest BCUT2D eigenvalue weighted by molar-refractivity contribution is 0.0961. The molecule has 2 nitrogen and oxygen atoms in total. The summed E-state index contributed by atoms with van der Waals surface area (Å²) in [5.41, 5.74) is 1.04. The topological polar surface area (TPSA) is 20.3 Å². The molecule has 0 aliphatic carbocycles. The Kier molecular flexibility index (Phi) is 3.52. The maximum atomic E-state index is 12.1. The molecule has 0 saturated carbocycles. The van der Waals surface area contributed by atoms with Gasteiger partial charge in [0.2, 0.25) is 0 Å². The van der Waals surface area contributed by atoms with Gasteiger partial charge >= 0.3 is 0 Å². The van der Waals surface area contributed by atoms with Crippen LogP contribution in [0, 0.1) is 6.92 Å². The Bertz CT molecular complexity index is 574. The van der Waals surface area contributed by atoms with Gasteiger partial charge in [-0.25, -0.2) is 0 Å². The molecular formula is C13H14ClNOS. The summed E-state index contributed by atoms with van der Waals surface area (Å²) < 4.78 is 1.12. The first-order valence-corrected chi connectivity index (χ1v) is 6.55. The average Bonchev–Trinajstić information content (AvgIpc) is 2.55. The van der Waals surface area contributed by atoms with E-state index in [1.807, 2.05) is 44.1 Å². The Morgan fingerprint density at radius 2 is 2.12 bits per heavy atom. The van der Waals surface area contributed by atoms with Gasteiger partial charge in [-0.3, -0.25) is 4.79 Å². The number of carbonyl (C=O) groups excluding carboxylic acids is 1. The number of fused-ring (bicyclic) bond motifs is 1. The molecular weight excluding hydrogens is 254 g/mol. The van der Waals surface area contributed by atoms with Crippen LogP contribution in [0.1, 0.15) is 15.2 Å². The van der Waals surface area contributed by atoms with E-state index in [0.717, 1.165) is 20.5 Å². The highest BCUT2D eigenvalue weighted by Gasteiger charge is 2.15. The van der Waals surface area contributed by atoms with E-state index in [9.17, 15) is 4.79 Å². The van der Waals surface area contributed by atoms with Crippen molar-refractivity contribution in [1.82, 2.24) is 4.90 Å². The second-order valence-electron chi connectivity index (χ2n) is 4.36. The van der Waals surface area contributed by atoms with E-state index in [1.54, 1.807) is 11.3 Å². The largest absolute Gasteiger partial charge is 0.302 e. The molecule has 0 unspecified atom stereocenters. The molecule has 0 aliphatic heterocycles. The van der Waals surface area contributed by atoms with Crippen LogP contribution >= 0.6 is 22.9 Å². The number of ketones is 1. The number of nitrogens with zero attached hydrogens (tertiary/aromatic N) is 1. The van der Waals surface area contributed by atoms with Gasteiger partial charge < -0.3 is 4.90 Å². The second-order valence-corrected chi connectivity index (χ2v) is 5.85. The Morgan fingerprint density at radius 3 is 2.76 bits per heavy atom. The number of hydrogen-bond acceptors (Lipinski definition) is 3. The van der Waals surface area contributed by atoms with E-state index in [1.165, 1.54) is 0 Å². The number of carbonyl (C=O) groups is 1. The summed E-state index contributed by atoms with van der Waals surface area (Å²) in [5.74, 6) is 0.171. The van der Waals surface area contributed by atoms with Crippen LogP contribution in [0.25, 0.3) is 10.1 Å². The molecule has 0 amide bonds. The van der Waals surface area contributed by atoms with Gasteiger partial charge in [0.15, 0.2) is 5.78 Å². The summed E-state index contributed by atoms with van der Waals surface area (Å²) in [6.45, 7) is 2.43. The molecule has 0 fully saturated rings. The van der Waals surface area contributed by atoms with Crippen molar-refractivity contribution in [3.63, 3.8) is 0 Å². The Hall–Kier alpha value is -0.900. The maximum Gasteiger partial charge on any atom is 0.187 e. The molecule has 0 aliphatic rings. The minimum absolute atomic E-state index is 0.171. The number of halogens is 1. The molecule has 0 saturated heterocycles. The van der Waals surface area contributed by atoms with Crippen LogP contribution in [0.3, 0.4) is 0 Å². The zero-order valence-electron chi connectivity index (χ0n) is 10.1. The fourth-order valence-corrected chi connectivity index (χ4v) is 3.11. The summed E-state index contributed by atoms with van der Waals surface area (Å²) in [5, 5.41) is 1.80. The van der Waals surface area contributed by atoms with Crippen LogP contribution < -0.4 is 0 Å². The van der Waals surface area contributed by atoms with Gasteiger partial charge in [-0.05, 0) is 50.2 Å². The monoisotopic (exact) mass is 267 g/mol. The highest BCUT2D eigenvalue weighted by Crippen LogP contribution is 2.32. The highest BCUT2D eigenvalue weighted by molar-refractivity contribution is 7.21. The lowest BCUT2D eigenvalue weighted by Gasteiger charge is -2.07. The fraction of sp³-hybridized carbons (Fsp3) is 0.308. The number of Topliss-reactive ketones (excluding diaryl/α,β-unsaturated/α-hetero) is 1. The van der Waals surface area contributed by atoms with Crippen LogP contribution in [-0.4, -0.2) is 31.3 Å². The normalized spacial score (nSPS) is 11.4. The van der Waals surface area contributed by atoms with Crippen molar-refractivity contribution in [2.45, 2.75) is 6.92 Å². The number of aryl methyl sites for hydroxylation is 1. The van der Waals surface area contributed by atoms with Crippen LogP contribution in [0.4, 0.5) is 0 Å². The average molecular weight is 268 g/mol. The first-order chi connectivity index (χ1) is 7.99. The summed E-state index contributed by atoms with van der Waals surface area (Å²) in [7, 11) is 3.80. The van der Waals surface area contributed by atoms with Gasteiger partial charge in [-0.2, -0.15) is 0 Å². The van der Waals surface area contributed by atoms with Gasteiger partial charge in [-0.15, -0.1) is 11.3 Å². The summed E-state index contributed by atoms with van der Waals surface area (Å²) in [6, 6.07) is 5.76. The standard InChI is InChI=1S/C13H14ClNOS/c1-8-10-6-9(14)4-5-12(10)17-13(8)11(16)7-15(2)3/h4-6H,7H2,1-3H3. The van der Waals surface area contributed by atoms with Gasteiger partial charge in [0.05, 0.1) is 11.4 Å². The number of rotatable bonds is 3. The fourth-order valence-electron chi connectivity index (χ4n) is 1.82. The van der Waals surface area contributed by atoms with E-state index in [-0.39, 0.29) is 5.78 Å². The molecule has 0 N–H and O–H groups in total. The van der Waals surface area contributed by atoms with E-state index < -0.39 is 0 Å². The molecule has 1 heterocycles. The molecule has 0 atom stereocenters. The molecule has 1 aromatic carbocycles. The first kappa shape index (κ1) is 12.6. The number of thiophene rings is 1. The van der Waals surface area contributed by atoms with Gasteiger partial charge in [0.1, 0.15) is 0 Å². The van der Waals surface area contributed by atoms with Crippen molar-refractivity contribution in [2.75, 3.05) is 20.6 Å². The first-order valence-electron chi connectivity index (χ1n) is 5.35. The Balaban J connectivity index is 2.49. The van der Waals surface area contributed by atoms with Crippen molar-refractivity contribution in [1.29, 1.82) is 0 Å². The van der Waals surface area contributed by atoms with Crippen LogP contribution in [0.5, 0.6) is 0 Å². The molecule has 90 valence electrons. The van der Waals surface area contributed by atoms with Crippen LogP contribution in [0.15, 0.2) is 18.2 Å². The second kappa shape index (κ2) is 4.77. The van der Waals surface area contributed by atoms with Gasteiger partial charge in [0.25, 0.3) is 0 Å². The molecule has 17 heavy (non-hydrogen) atoms. The SMILES string of the molecule is Cc1c(C(=O)CN(C)C)sc2ccc(Cl)cc12. The zero-order chi connectivity index (χ0) is 12.6. The highest BCUT2D eigenvalue weighted by atomic mass is 35.5. The summed E-state index contributed by atoms with van der Waals surface area (Å²) in [4.78, 5) is 14.8. The van der Waals surface area contributed by atoms with Crippen LogP contribution in [0.2, 0.25) is 5.02 Å². The third-order valence-corrected chi connectivity index (χ3v) is 4.16. The minimum atomic E-state index is 0.171. The molecule has 2 aromatic rings. The number of benzene rings is 1. The zero-order valence-corrected chi connectivity index (χ0v) is 11.7. The van der Waals surface area contributed by atoms with Crippen molar-refractivity contribution >= 4 is 38.8 Å². The maximum absolute atomic E-state index is 12.1. The minimum Gasteiger partial charge on any atom is -0.302 e. The predicted molar refractivity (Wildman–Crippen MR) is 74.5 cm³/mol. The summed E-state index contributed by atoms with van der Waals surface area (Å²) >= 11 is 7.52. The smallest absolute Gasteiger partial charge is 0.187 e. The van der Waals surface area contributed by atoms with Crippen LogP contribution in [-0.2, 0) is 0 Å². The molecule has 0 radical (unpaired) electrons. The number of likely N-dealkylation sites (N-methyl/N-ethyl adjacent to an activating group) is 1. The van der Waals surface area contributed by atoms with Crippen molar-refractivity contribution in [3.8, 4) is 0 Å². The van der Waals surface area contributed by atoms with Crippen molar-refractivity contribution < 1.29 is 4.79 Å².